The first-order valence-electron chi connectivity index (χ1n) is 18.6. The summed E-state index contributed by atoms with van der Waals surface area (Å²) in [4.78, 5) is 85.8. The lowest BCUT2D eigenvalue weighted by atomic mass is 10.1. The third-order valence-electron chi connectivity index (χ3n) is 7.24. The van der Waals surface area contributed by atoms with Crippen LogP contribution in [0.3, 0.4) is 0 Å². The predicted molar refractivity (Wildman–Crippen MR) is 239 cm³/mol. The van der Waals surface area contributed by atoms with Gasteiger partial charge in [-0.3, -0.25) is 54.3 Å². The molecular weight excluding hydrogens is 846 g/mol. The van der Waals surface area contributed by atoms with E-state index >= 15 is 0 Å². The molecule has 0 fully saturated rings. The Labute approximate surface area is 368 Å². The number of hydrogen-bond acceptors (Lipinski definition) is 15. The molecule has 21 heteroatoms. The van der Waals surface area contributed by atoms with Crippen LogP contribution in [0, 0.1) is 30.3 Å². The molecule has 0 aliphatic rings. The highest BCUT2D eigenvalue weighted by Gasteiger charge is 2.19. The number of non-ortho nitro benzene ring substituents is 3. The Morgan fingerprint density at radius 3 is 1.30 bits per heavy atom. The summed E-state index contributed by atoms with van der Waals surface area (Å²) in [6.07, 6.45) is 3.98. The Morgan fingerprint density at radius 2 is 0.968 bits per heavy atom. The topological polar surface area (TPSA) is 309 Å². The van der Waals surface area contributed by atoms with E-state index in [1.165, 1.54) is 54.6 Å². The molecule has 0 aliphatic carbocycles. The number of nitro groups is 3. The quantitative estimate of drug-likeness (QED) is 0.0286. The van der Waals surface area contributed by atoms with Crippen LogP contribution in [-0.4, -0.2) is 55.0 Å². The fraction of sp³-hybridized carbons (Fsp3) is 0.310. The summed E-state index contributed by atoms with van der Waals surface area (Å²) >= 11 is 4.71. The number of nitrogens with one attached hydrogen (secondary N) is 2. The van der Waals surface area contributed by atoms with Crippen LogP contribution in [0.5, 0.6) is 0 Å². The largest absolute Gasteiger partial charge is 0.460 e. The second kappa shape index (κ2) is 26.8. The molecule has 0 atom stereocenters. The molecule has 3 aromatic carbocycles. The summed E-state index contributed by atoms with van der Waals surface area (Å²) in [5.41, 5.74) is 12.7. The van der Waals surface area contributed by atoms with Gasteiger partial charge in [0.2, 0.25) is 17.1 Å². The van der Waals surface area contributed by atoms with Gasteiger partial charge in [0, 0.05) is 72.8 Å². The lowest BCUT2D eigenvalue weighted by molar-refractivity contribution is -0.385. The Kier molecular flexibility index (Phi) is 23.7. The molecule has 3 rings (SSSR count). The molecule has 0 aliphatic heterocycles. The molecule has 2 amide bonds. The first-order chi connectivity index (χ1) is 29.2. The highest BCUT2D eigenvalue weighted by molar-refractivity contribution is 6.66. The maximum absolute atomic E-state index is 11.8. The first-order valence-corrected chi connectivity index (χ1v) is 18.9. The maximum atomic E-state index is 11.8. The number of amides is 2. The standard InChI is InChI=1S/C16H20N2O5.C13H18N2O4.C10H11N3O3.C3H3ClO/c1-5-14(19)17-13-8-7-12(18(21)22)10-11(13)6-9-15(20)23-16(2,3)4;1-13(2,3)19-12(16)7-4-9-8-10(15(17)18)5-6-11(9)14;1-2-10(14)12-9-4-3-8(13(15)16)5-7(9)6-11;1-2-3(4)5/h5,7-8,10H,1,6,9H2,2-4H3,(H,17,19);5-6,8H,4,7,14H2,1-3H3;2-5H,1,6,11H2,(H,12,14);2H,1H2. The number of nitrogens with two attached hydrogens (primary N) is 2. The van der Waals surface area contributed by atoms with Gasteiger partial charge in [0.25, 0.3) is 17.1 Å². The minimum absolute atomic E-state index is 0.0339. The number of nitrogens with zero attached hydrogens (tertiary/aromatic N) is 3. The lowest BCUT2D eigenvalue weighted by Gasteiger charge is -2.19. The van der Waals surface area contributed by atoms with Crippen molar-refractivity contribution in [3.8, 4) is 0 Å². The van der Waals surface area contributed by atoms with Gasteiger partial charge in [-0.15, -0.1) is 0 Å². The Bertz CT molecular complexity index is 2180. The zero-order valence-electron chi connectivity index (χ0n) is 35.8. The van der Waals surface area contributed by atoms with Crippen molar-refractivity contribution in [1.82, 2.24) is 0 Å². The molecule has 0 aromatic heterocycles. The third kappa shape index (κ3) is 23.9. The highest BCUT2D eigenvalue weighted by Crippen LogP contribution is 2.25. The maximum Gasteiger partial charge on any atom is 0.306 e. The van der Waals surface area contributed by atoms with Crippen LogP contribution in [0.2, 0.25) is 0 Å². The van der Waals surface area contributed by atoms with Gasteiger partial charge in [-0.1, -0.05) is 19.7 Å². The summed E-state index contributed by atoms with van der Waals surface area (Å²) in [7, 11) is 0. The van der Waals surface area contributed by atoms with Crippen LogP contribution in [0.1, 0.15) is 71.1 Å². The van der Waals surface area contributed by atoms with Gasteiger partial charge >= 0.3 is 11.9 Å². The molecule has 6 N–H and O–H groups in total. The number of rotatable bonds is 15. The second-order valence-corrected chi connectivity index (χ2v) is 15.0. The van der Waals surface area contributed by atoms with E-state index in [2.05, 4.69) is 30.4 Å². The normalized spacial score (nSPS) is 10.2. The van der Waals surface area contributed by atoms with E-state index in [0.717, 1.165) is 18.2 Å². The molecule has 0 bridgehead atoms. The summed E-state index contributed by atoms with van der Waals surface area (Å²) in [6, 6.07) is 12.3. The molecule has 20 nitrogen and oxygen atoms in total. The summed E-state index contributed by atoms with van der Waals surface area (Å²) in [5.74, 6) is -1.58. The van der Waals surface area contributed by atoms with Crippen molar-refractivity contribution in [3.63, 3.8) is 0 Å². The number of ether oxygens (including phenoxy) is 2. The van der Waals surface area contributed by atoms with Gasteiger partial charge in [0.05, 0.1) is 14.8 Å². The van der Waals surface area contributed by atoms with Crippen molar-refractivity contribution in [3.05, 3.63) is 140 Å². The van der Waals surface area contributed by atoms with E-state index in [0.29, 0.717) is 40.2 Å². The minimum atomic E-state index is -0.598. The number of hydrogen-bond donors (Lipinski definition) is 4. The number of esters is 2. The third-order valence-corrected chi connectivity index (χ3v) is 7.39. The molecule has 340 valence electrons. The number of carbonyl (C=O) groups excluding carboxylic acids is 5. The van der Waals surface area contributed by atoms with E-state index in [1.54, 1.807) is 41.5 Å². The van der Waals surface area contributed by atoms with Crippen molar-refractivity contribution in [2.24, 2.45) is 5.73 Å². The van der Waals surface area contributed by atoms with Gasteiger partial charge in [0.1, 0.15) is 11.2 Å². The molecule has 0 saturated carbocycles. The second-order valence-electron chi connectivity index (χ2n) is 14.6. The first kappa shape index (κ1) is 55.7. The average Bonchev–Trinajstić information content (AvgIpc) is 3.19. The van der Waals surface area contributed by atoms with Gasteiger partial charge in [-0.05, 0) is 119 Å². The lowest BCUT2D eigenvalue weighted by Crippen LogP contribution is -2.24. The minimum Gasteiger partial charge on any atom is -0.460 e. The van der Waals surface area contributed by atoms with Crippen LogP contribution in [0.25, 0.3) is 0 Å². The smallest absolute Gasteiger partial charge is 0.306 e. The van der Waals surface area contributed by atoms with Crippen molar-refractivity contribution in [2.45, 2.75) is 85.0 Å². The zero-order valence-corrected chi connectivity index (χ0v) is 36.5. The monoisotopic (exact) mass is 897 g/mol. The summed E-state index contributed by atoms with van der Waals surface area (Å²) in [6.45, 7) is 20.5. The van der Waals surface area contributed by atoms with Crippen molar-refractivity contribution >= 4 is 74.7 Å². The van der Waals surface area contributed by atoms with Gasteiger partial charge in [-0.25, -0.2) is 0 Å². The van der Waals surface area contributed by atoms with Crippen molar-refractivity contribution < 1.29 is 48.2 Å². The molecule has 0 spiro atoms. The van der Waals surface area contributed by atoms with E-state index in [4.69, 9.17) is 32.5 Å². The fourth-order valence-electron chi connectivity index (χ4n) is 4.56. The number of aryl methyl sites for hydroxylation is 2. The average molecular weight is 898 g/mol. The van der Waals surface area contributed by atoms with Gasteiger partial charge < -0.3 is 31.6 Å². The molecule has 3 aromatic rings. The number of benzene rings is 3. The number of carbonyl (C=O) groups is 5. The molecule has 0 saturated heterocycles. The molecule has 0 radical (unpaired) electrons. The van der Waals surface area contributed by atoms with Crippen molar-refractivity contribution in [1.29, 1.82) is 0 Å². The number of halogens is 1. The molecule has 0 unspecified atom stereocenters. The van der Waals surface area contributed by atoms with E-state index in [1.807, 2.05) is 0 Å². The Morgan fingerprint density at radius 1 is 0.635 bits per heavy atom. The van der Waals surface area contributed by atoms with E-state index < -0.39 is 43.1 Å². The number of nitro benzene ring substituents is 3. The molecule has 63 heavy (non-hydrogen) atoms. The number of nitrogen functional groups attached to an aromatic ring is 1. The van der Waals surface area contributed by atoms with E-state index in [-0.39, 0.29) is 54.7 Å². The Balaban J connectivity index is 0.000000878. The van der Waals surface area contributed by atoms with Crippen LogP contribution in [0.15, 0.2) is 92.6 Å². The fourth-order valence-corrected chi connectivity index (χ4v) is 4.56. The number of anilines is 3. The van der Waals surface area contributed by atoms with E-state index in [9.17, 15) is 54.3 Å². The van der Waals surface area contributed by atoms with Crippen LogP contribution in [-0.2, 0) is 52.8 Å². The SMILES string of the molecule is C=CC(=O)Cl.C=CC(=O)Nc1ccc([N+](=O)[O-])cc1CCC(=O)OC(C)(C)C.C=CC(=O)Nc1ccc([N+](=O)[O-])cc1CN.CC(C)(C)OC(=O)CCc1cc([N+](=O)[O-])ccc1N. The Hall–Kier alpha value is -7.32. The predicted octanol–water partition coefficient (Wildman–Crippen LogP) is 7.56. The van der Waals surface area contributed by atoms with Gasteiger partial charge in [0.15, 0.2) is 0 Å². The number of allylic oxidation sites excluding steroid dienone is 1. The zero-order chi connectivity index (χ0) is 48.7. The van der Waals surface area contributed by atoms with Crippen molar-refractivity contribution in [2.75, 3.05) is 16.4 Å². The highest BCUT2D eigenvalue weighted by atomic mass is 35.5. The summed E-state index contributed by atoms with van der Waals surface area (Å²) in [5, 5.41) is 36.6. The van der Waals surface area contributed by atoms with Crippen LogP contribution in [0.4, 0.5) is 34.1 Å². The van der Waals surface area contributed by atoms with Crippen LogP contribution >= 0.6 is 11.6 Å². The van der Waals surface area contributed by atoms with Crippen LogP contribution < -0.4 is 22.1 Å². The summed E-state index contributed by atoms with van der Waals surface area (Å²) < 4.78 is 10.4. The molecular formula is C42H52ClN7O13. The van der Waals surface area contributed by atoms with Gasteiger partial charge in [-0.2, -0.15) is 0 Å². The molecule has 0 heterocycles.